The Morgan fingerprint density at radius 2 is 1.79 bits per heavy atom. The minimum atomic E-state index is -1.49. The minimum Gasteiger partial charge on any atom is -0.459 e. The van der Waals surface area contributed by atoms with Crippen molar-refractivity contribution in [3.8, 4) is 0 Å². The lowest BCUT2D eigenvalue weighted by atomic mass is 9.68. The number of carbonyl (C=O) groups is 2. The number of oxime groups is 1. The number of aliphatic hydroxyl groups is 2. The van der Waals surface area contributed by atoms with Crippen molar-refractivity contribution in [3.05, 3.63) is 12.2 Å². The Hall–Kier alpha value is -2.09. The van der Waals surface area contributed by atoms with Crippen LogP contribution in [0.3, 0.4) is 0 Å². The Balaban J connectivity index is 2.26. The lowest BCUT2D eigenvalue weighted by molar-refractivity contribution is -0.304. The first-order chi connectivity index (χ1) is 22.3. The normalized spacial score (nSPS) is 44.8. The number of likely N-dealkylation sites (N-methyl/N-ethyl adjacent to an activating group) is 1. The molecule has 48 heavy (non-hydrogen) atoms. The second kappa shape index (κ2) is 16.3. The van der Waals surface area contributed by atoms with Gasteiger partial charge in [-0.2, -0.15) is 0 Å². The van der Waals surface area contributed by atoms with Gasteiger partial charge in [-0.25, -0.2) is 0 Å². The molecule has 3 aliphatic rings. The first kappa shape index (κ1) is 40.3. The van der Waals surface area contributed by atoms with Crippen molar-refractivity contribution in [2.45, 2.75) is 148 Å². The highest BCUT2D eigenvalue weighted by Gasteiger charge is 2.53. The third-order valence-electron chi connectivity index (χ3n) is 11.2. The first-order valence-corrected chi connectivity index (χ1v) is 17.6. The van der Waals surface area contributed by atoms with Gasteiger partial charge in [0.25, 0.3) is 0 Å². The number of rotatable bonds is 5. The molecule has 2 bridgehead atoms. The molecule has 3 aliphatic heterocycles. The molecule has 0 aromatic rings. The molecule has 0 amide bonds. The number of ether oxygens (including phenoxy) is 5. The lowest BCUT2D eigenvalue weighted by Crippen LogP contribution is -2.61. The number of carbonyl (C=O) groups excluding carboxylic acids is 2. The highest BCUT2D eigenvalue weighted by molar-refractivity contribution is 5.88. The zero-order chi connectivity index (χ0) is 36.3. The highest BCUT2D eigenvalue weighted by Crippen LogP contribution is 2.43. The maximum Gasteiger partial charge on any atom is 0.311 e. The van der Waals surface area contributed by atoms with Crippen molar-refractivity contribution in [3.63, 3.8) is 0 Å². The average Bonchev–Trinajstić information content (AvgIpc) is 3.01. The number of esters is 2. The van der Waals surface area contributed by atoms with E-state index >= 15 is 0 Å². The van der Waals surface area contributed by atoms with E-state index in [9.17, 15) is 25.0 Å². The molecular weight excluding hydrogens is 620 g/mol. The molecule has 0 aromatic heterocycles. The molecule has 3 fully saturated rings. The van der Waals surface area contributed by atoms with Crippen molar-refractivity contribution in [1.82, 2.24) is 4.90 Å². The van der Waals surface area contributed by atoms with Crippen LogP contribution in [-0.4, -0.2) is 113 Å². The van der Waals surface area contributed by atoms with Gasteiger partial charge in [-0.15, -0.1) is 0 Å². The number of aliphatic hydroxyl groups excluding tert-OH is 1. The van der Waals surface area contributed by atoms with Crippen LogP contribution in [0.1, 0.15) is 94.4 Å². The van der Waals surface area contributed by atoms with Crippen LogP contribution in [0.4, 0.5) is 0 Å². The highest BCUT2D eigenvalue weighted by atomic mass is 16.7. The van der Waals surface area contributed by atoms with E-state index in [1.807, 2.05) is 53.6 Å². The SMILES string of the molecule is C=C1CC[C@@H]2[C@@H](C)/C(=N/O)[C@H](C)C[C@@](C)(OC1)[C@H](O[C@@H]1O[C@H](C)C[C@H](N(C)C)[C@H]1OC(C)=O)[C@@H](C)[C@H](O)[C@@H](C)C(=O)O[C@H](CC)[C@@]2(C)O. The van der Waals surface area contributed by atoms with E-state index in [1.54, 1.807) is 20.8 Å². The summed E-state index contributed by atoms with van der Waals surface area (Å²) < 4.78 is 31.8. The fraction of sp³-hybridized carbons (Fsp3) is 0.861. The number of fused-ring (bicyclic) bond motifs is 5. The van der Waals surface area contributed by atoms with E-state index in [1.165, 1.54) is 6.92 Å². The fourth-order valence-electron chi connectivity index (χ4n) is 8.36. The number of hydrogen-bond acceptors (Lipinski definition) is 12. The molecular formula is C36H62N2O10. The molecule has 276 valence electrons. The molecule has 3 N–H and O–H groups in total. The summed E-state index contributed by atoms with van der Waals surface area (Å²) in [5.41, 5.74) is -1.40. The van der Waals surface area contributed by atoms with Crippen LogP contribution in [-0.2, 0) is 33.3 Å². The van der Waals surface area contributed by atoms with E-state index in [4.69, 9.17) is 23.7 Å². The van der Waals surface area contributed by atoms with Gasteiger partial charge in [-0.05, 0) is 79.8 Å². The summed E-state index contributed by atoms with van der Waals surface area (Å²) in [4.78, 5) is 28.0. The van der Waals surface area contributed by atoms with E-state index in [-0.39, 0.29) is 31.1 Å². The second-order valence-corrected chi connectivity index (χ2v) is 15.3. The Morgan fingerprint density at radius 3 is 2.35 bits per heavy atom. The van der Waals surface area contributed by atoms with Gasteiger partial charge in [0.2, 0.25) is 0 Å². The number of nitrogens with zero attached hydrogens (tertiary/aromatic N) is 2. The van der Waals surface area contributed by atoms with Crippen LogP contribution in [0.25, 0.3) is 0 Å². The van der Waals surface area contributed by atoms with E-state index in [0.29, 0.717) is 31.4 Å². The molecule has 0 radical (unpaired) electrons. The molecule has 3 rings (SSSR count). The van der Waals surface area contributed by atoms with Gasteiger partial charge < -0.3 is 44.0 Å². The van der Waals surface area contributed by atoms with Crippen molar-refractivity contribution in [2.24, 2.45) is 34.7 Å². The molecule has 14 atom stereocenters. The van der Waals surface area contributed by atoms with E-state index < -0.39 is 77.5 Å². The standard InChI is InChI=1S/C36H62N2O10/c1-13-28-36(10,42)26-15-14-19(2)18-44-35(9,17-20(3)29(37-43)22(26)5)32(23(6)30(40)24(7)33(41)47-28)48-34-31(46-25(8)39)27(38(11)12)16-21(4)45-34/h20-24,26-28,30-32,34,40,42-43H,2,13-18H2,1,3-12H3/b37-29+/t20-,21-,22-,23+,24-,26-,27+,28-,30+,31-,32-,34+,35-,36+/m1/s1. The van der Waals surface area contributed by atoms with E-state index in [0.717, 1.165) is 5.57 Å². The molecule has 0 aliphatic carbocycles. The first-order valence-electron chi connectivity index (χ1n) is 17.6. The predicted molar refractivity (Wildman–Crippen MR) is 180 cm³/mol. The van der Waals surface area contributed by atoms with Crippen LogP contribution >= 0.6 is 0 Å². The molecule has 3 heterocycles. The summed E-state index contributed by atoms with van der Waals surface area (Å²) in [5, 5.41) is 38.3. The summed E-state index contributed by atoms with van der Waals surface area (Å²) in [6.45, 7) is 20.4. The van der Waals surface area contributed by atoms with Crippen LogP contribution in [0.5, 0.6) is 0 Å². The molecule has 12 heteroatoms. The van der Waals surface area contributed by atoms with Gasteiger partial charge in [0.1, 0.15) is 11.7 Å². The van der Waals surface area contributed by atoms with Crippen LogP contribution < -0.4 is 0 Å². The predicted octanol–water partition coefficient (Wildman–Crippen LogP) is 4.32. The average molecular weight is 683 g/mol. The second-order valence-electron chi connectivity index (χ2n) is 15.3. The quantitative estimate of drug-likeness (QED) is 0.164. The van der Waals surface area contributed by atoms with Gasteiger partial charge in [-0.1, -0.05) is 45.0 Å². The molecule has 0 saturated carbocycles. The Morgan fingerprint density at radius 1 is 1.15 bits per heavy atom. The van der Waals surface area contributed by atoms with Crippen molar-refractivity contribution in [1.29, 1.82) is 0 Å². The summed E-state index contributed by atoms with van der Waals surface area (Å²) in [6.07, 6.45) is -2.96. The van der Waals surface area contributed by atoms with Gasteiger partial charge >= 0.3 is 11.9 Å². The molecule has 0 spiro atoms. The van der Waals surface area contributed by atoms with Crippen LogP contribution in [0.2, 0.25) is 0 Å². The largest absolute Gasteiger partial charge is 0.459 e. The molecule has 12 nitrogen and oxygen atoms in total. The Kier molecular flexibility index (Phi) is 13.7. The van der Waals surface area contributed by atoms with Crippen molar-refractivity contribution >= 4 is 17.7 Å². The monoisotopic (exact) mass is 682 g/mol. The number of hydrogen-bond donors (Lipinski definition) is 3. The fourth-order valence-corrected chi connectivity index (χ4v) is 8.36. The Labute approximate surface area is 287 Å². The topological polar surface area (TPSA) is 157 Å². The maximum absolute atomic E-state index is 13.7. The van der Waals surface area contributed by atoms with Crippen molar-refractivity contribution < 1.29 is 48.7 Å². The third kappa shape index (κ3) is 8.79. The van der Waals surface area contributed by atoms with Gasteiger partial charge in [0.05, 0.1) is 48.2 Å². The summed E-state index contributed by atoms with van der Waals surface area (Å²) in [7, 11) is 3.81. The summed E-state index contributed by atoms with van der Waals surface area (Å²) in [5.74, 6) is -4.12. The molecule has 0 aromatic carbocycles. The van der Waals surface area contributed by atoms with Crippen LogP contribution in [0.15, 0.2) is 17.3 Å². The lowest BCUT2D eigenvalue weighted by Gasteiger charge is -2.49. The molecule has 0 unspecified atom stereocenters. The Bertz CT molecular complexity index is 1160. The maximum atomic E-state index is 13.7. The minimum absolute atomic E-state index is 0.165. The number of cyclic esters (lactones) is 1. The van der Waals surface area contributed by atoms with Crippen molar-refractivity contribution in [2.75, 3.05) is 20.7 Å². The zero-order valence-corrected chi connectivity index (χ0v) is 31.0. The summed E-state index contributed by atoms with van der Waals surface area (Å²) >= 11 is 0. The van der Waals surface area contributed by atoms with Gasteiger partial charge in [-0.3, -0.25) is 9.59 Å². The zero-order valence-electron chi connectivity index (χ0n) is 31.0. The third-order valence-corrected chi connectivity index (χ3v) is 11.2. The smallest absolute Gasteiger partial charge is 0.311 e. The summed E-state index contributed by atoms with van der Waals surface area (Å²) in [6, 6.07) is -0.222. The molecule has 3 saturated heterocycles. The van der Waals surface area contributed by atoms with E-state index in [2.05, 4.69) is 11.7 Å². The van der Waals surface area contributed by atoms with Crippen LogP contribution in [0, 0.1) is 29.6 Å². The van der Waals surface area contributed by atoms with Gasteiger partial charge in [0.15, 0.2) is 12.4 Å². The van der Waals surface area contributed by atoms with Gasteiger partial charge in [0, 0.05) is 24.7 Å².